The highest BCUT2D eigenvalue weighted by atomic mass is 15.1. The summed E-state index contributed by atoms with van der Waals surface area (Å²) in [5, 5.41) is 8.11. The van der Waals surface area contributed by atoms with Crippen LogP contribution in [0.15, 0.2) is 159 Å². The number of benzene rings is 6. The molecule has 12 aromatic rings. The van der Waals surface area contributed by atoms with Crippen molar-refractivity contribution >= 4 is 54.1 Å². The van der Waals surface area contributed by atoms with Gasteiger partial charge in [0, 0.05) is 70.2 Å². The Hall–Kier alpha value is -8.64. The van der Waals surface area contributed by atoms with Gasteiger partial charge in [-0.1, -0.05) is 72.8 Å². The zero-order chi connectivity index (χ0) is 39.6. The van der Waals surface area contributed by atoms with Gasteiger partial charge in [0.1, 0.15) is 0 Å². The van der Waals surface area contributed by atoms with Crippen LogP contribution >= 0.6 is 0 Å². The Morgan fingerprint density at radius 2 is 0.600 bits per heavy atom. The molecule has 0 aliphatic carbocycles. The fourth-order valence-corrected chi connectivity index (χ4v) is 8.05. The molecule has 0 fully saturated rings. The number of aromatic nitrogens is 12. The Balaban J connectivity index is 1.09. The summed E-state index contributed by atoms with van der Waals surface area (Å²) in [6, 6.07) is 40.3. The van der Waals surface area contributed by atoms with Crippen LogP contribution in [0, 0.1) is 0 Å². The number of hydrogen-bond acceptors (Lipinski definition) is 12. The quantitative estimate of drug-likeness (QED) is 0.148. The predicted octanol–water partition coefficient (Wildman–Crippen LogP) is 9.63. The van der Waals surface area contributed by atoms with Gasteiger partial charge in [-0.3, -0.25) is 9.97 Å². The predicted molar refractivity (Wildman–Crippen MR) is 231 cm³/mol. The van der Waals surface area contributed by atoms with Gasteiger partial charge < -0.3 is 0 Å². The summed E-state index contributed by atoms with van der Waals surface area (Å²) in [4.78, 5) is 57.4. The minimum atomic E-state index is 0.371. The second-order valence-electron chi connectivity index (χ2n) is 14.2. The second-order valence-corrected chi connectivity index (χ2v) is 14.2. The Bertz CT molecular complexity index is 3370. The molecule has 0 aliphatic rings. The van der Waals surface area contributed by atoms with Crippen molar-refractivity contribution in [3.05, 3.63) is 159 Å². The molecule has 6 aromatic heterocycles. The zero-order valence-electron chi connectivity index (χ0n) is 31.4. The molecule has 0 bridgehead atoms. The fourth-order valence-electron chi connectivity index (χ4n) is 8.05. The van der Waals surface area contributed by atoms with Crippen molar-refractivity contribution in [2.75, 3.05) is 0 Å². The molecule has 6 aromatic carbocycles. The molecule has 0 saturated heterocycles. The first kappa shape index (κ1) is 33.5. The van der Waals surface area contributed by atoms with E-state index in [1.54, 1.807) is 49.3 Å². The maximum absolute atomic E-state index is 5.15. The van der Waals surface area contributed by atoms with Crippen LogP contribution in [0.4, 0.5) is 0 Å². The molecule has 0 unspecified atom stereocenters. The average Bonchev–Trinajstić information content (AvgIpc) is 3.33. The first-order valence-corrected chi connectivity index (χ1v) is 19.2. The van der Waals surface area contributed by atoms with Gasteiger partial charge >= 0.3 is 0 Å². The van der Waals surface area contributed by atoms with E-state index >= 15 is 0 Å². The van der Waals surface area contributed by atoms with Gasteiger partial charge in [0.15, 0.2) is 34.9 Å². The van der Waals surface area contributed by atoms with Gasteiger partial charge in [-0.15, -0.1) is 0 Å². The summed E-state index contributed by atoms with van der Waals surface area (Å²) in [6.45, 7) is 0. The lowest BCUT2D eigenvalue weighted by Crippen LogP contribution is -2.03. The molecule has 0 spiro atoms. The van der Waals surface area contributed by atoms with Gasteiger partial charge in [-0.2, -0.15) is 0 Å². The summed E-state index contributed by atoms with van der Waals surface area (Å²) in [5.41, 5.74) is 5.04. The fraction of sp³-hybridized carbons (Fsp3) is 0. The summed E-state index contributed by atoms with van der Waals surface area (Å²) in [5.74, 6) is 3.55. The van der Waals surface area contributed by atoms with Crippen molar-refractivity contribution < 1.29 is 0 Å². The summed E-state index contributed by atoms with van der Waals surface area (Å²) < 4.78 is 0. The standard InChI is InChI=1S/C48H26N12/c1-7-33(29-9-3-21-49-37(29)11-1)41-55-43(59-47(57-41)45-51-23-5-24-52-45)35-19-15-27-14-18-32-36(20-16-28-13-17-31(35)39(27)40(28)32)44-56-42(58-48(60-44)46-53-25-6-26-54-46)34-8-2-12-38-30(34)10-4-22-50-38/h1-26H. The number of hydrogen-bond donors (Lipinski definition) is 0. The summed E-state index contributed by atoms with van der Waals surface area (Å²) in [6.07, 6.45) is 10.3. The molecular weight excluding hydrogens is 745 g/mol. The van der Waals surface area contributed by atoms with E-state index in [9.17, 15) is 0 Å². The molecule has 12 nitrogen and oxygen atoms in total. The Morgan fingerprint density at radius 1 is 0.233 bits per heavy atom. The van der Waals surface area contributed by atoms with Crippen molar-refractivity contribution in [1.29, 1.82) is 0 Å². The van der Waals surface area contributed by atoms with Crippen molar-refractivity contribution in [3.63, 3.8) is 0 Å². The van der Waals surface area contributed by atoms with Crippen LogP contribution in [0.1, 0.15) is 0 Å². The zero-order valence-corrected chi connectivity index (χ0v) is 31.4. The summed E-state index contributed by atoms with van der Waals surface area (Å²) >= 11 is 0. The highest BCUT2D eigenvalue weighted by Gasteiger charge is 2.22. The monoisotopic (exact) mass is 770 g/mol. The van der Waals surface area contributed by atoms with E-state index in [0.29, 0.717) is 46.6 Å². The van der Waals surface area contributed by atoms with Gasteiger partial charge in [-0.25, -0.2) is 49.8 Å². The van der Waals surface area contributed by atoms with E-state index in [-0.39, 0.29) is 0 Å². The van der Waals surface area contributed by atoms with E-state index < -0.39 is 0 Å². The SMILES string of the molecule is c1cnc(-c2nc(-c3cccc4ncccc34)nc(-c3ccc4ccc5c(-c6nc(-c7ncccn7)nc(-c7cccc8ncccc78)n6)ccc6ccc3c4c65)n2)nc1. The molecule has 0 saturated carbocycles. The number of nitrogens with zero attached hydrogens (tertiary/aromatic N) is 12. The first-order chi connectivity index (χ1) is 29.7. The van der Waals surface area contributed by atoms with E-state index in [1.807, 2.05) is 60.7 Å². The molecule has 0 atom stereocenters. The van der Waals surface area contributed by atoms with Gasteiger partial charge in [0.05, 0.1) is 11.0 Å². The topological polar surface area (TPSA) is 155 Å². The molecular formula is C48H26N12. The van der Waals surface area contributed by atoms with Crippen LogP contribution < -0.4 is 0 Å². The van der Waals surface area contributed by atoms with E-state index in [2.05, 4.69) is 78.4 Å². The van der Waals surface area contributed by atoms with Gasteiger partial charge in [-0.05, 0) is 80.8 Å². The third kappa shape index (κ3) is 5.46. The van der Waals surface area contributed by atoms with E-state index in [4.69, 9.17) is 29.9 Å². The van der Waals surface area contributed by atoms with Gasteiger partial charge in [0.25, 0.3) is 0 Å². The van der Waals surface area contributed by atoms with E-state index in [0.717, 1.165) is 76.4 Å². The minimum Gasteiger partial charge on any atom is -0.256 e. The molecule has 0 amide bonds. The lowest BCUT2D eigenvalue weighted by Gasteiger charge is -2.16. The lowest BCUT2D eigenvalue weighted by atomic mass is 9.89. The molecule has 12 heteroatoms. The number of pyridine rings is 2. The lowest BCUT2D eigenvalue weighted by molar-refractivity contribution is 1.03. The summed E-state index contributed by atoms with van der Waals surface area (Å²) in [7, 11) is 0. The highest BCUT2D eigenvalue weighted by Crippen LogP contribution is 2.42. The van der Waals surface area contributed by atoms with Crippen LogP contribution in [-0.4, -0.2) is 59.8 Å². The number of fused-ring (bicyclic) bond motifs is 2. The molecule has 0 radical (unpaired) electrons. The van der Waals surface area contributed by atoms with E-state index in [1.165, 1.54) is 0 Å². The maximum atomic E-state index is 5.15. The van der Waals surface area contributed by atoms with Crippen LogP contribution in [0.2, 0.25) is 0 Å². The number of rotatable bonds is 6. The Kier molecular flexibility index (Phi) is 7.53. The highest BCUT2D eigenvalue weighted by molar-refractivity contribution is 6.27. The van der Waals surface area contributed by atoms with Gasteiger partial charge in [0.2, 0.25) is 11.6 Å². The minimum absolute atomic E-state index is 0.371. The smallest absolute Gasteiger partial charge is 0.201 e. The maximum Gasteiger partial charge on any atom is 0.201 e. The van der Waals surface area contributed by atoms with Crippen LogP contribution in [0.25, 0.3) is 123 Å². The first-order valence-electron chi connectivity index (χ1n) is 19.2. The average molecular weight is 771 g/mol. The van der Waals surface area contributed by atoms with Crippen molar-refractivity contribution in [2.24, 2.45) is 0 Å². The molecule has 12 rings (SSSR count). The third-order valence-electron chi connectivity index (χ3n) is 10.7. The molecule has 60 heavy (non-hydrogen) atoms. The molecule has 6 heterocycles. The van der Waals surface area contributed by atoms with Crippen LogP contribution in [0.3, 0.4) is 0 Å². The third-order valence-corrected chi connectivity index (χ3v) is 10.7. The normalized spacial score (nSPS) is 11.7. The van der Waals surface area contributed by atoms with Crippen molar-refractivity contribution in [1.82, 2.24) is 59.8 Å². The molecule has 278 valence electrons. The Morgan fingerprint density at radius 3 is 1.03 bits per heavy atom. The molecule has 0 N–H and O–H groups in total. The van der Waals surface area contributed by atoms with Crippen molar-refractivity contribution in [2.45, 2.75) is 0 Å². The van der Waals surface area contributed by atoms with Crippen LogP contribution in [-0.2, 0) is 0 Å². The van der Waals surface area contributed by atoms with Crippen LogP contribution in [0.5, 0.6) is 0 Å². The molecule has 0 aliphatic heterocycles. The largest absolute Gasteiger partial charge is 0.256 e. The second kappa shape index (κ2) is 13.5. The Labute approximate surface area is 340 Å². The van der Waals surface area contributed by atoms with Crippen molar-refractivity contribution in [3.8, 4) is 68.8 Å².